The maximum absolute atomic E-state index is 12.6. The lowest BCUT2D eigenvalue weighted by atomic mass is 10.1. The van der Waals surface area contributed by atoms with Gasteiger partial charge in [0.1, 0.15) is 5.56 Å². The van der Waals surface area contributed by atoms with E-state index >= 15 is 0 Å². The summed E-state index contributed by atoms with van der Waals surface area (Å²) in [6.07, 6.45) is -2.55. The Morgan fingerprint density at radius 2 is 2.12 bits per heavy atom. The van der Waals surface area contributed by atoms with Crippen LogP contribution in [0.5, 0.6) is 5.88 Å². The molecule has 6 heteroatoms. The van der Waals surface area contributed by atoms with Gasteiger partial charge in [0.25, 0.3) is 0 Å². The summed E-state index contributed by atoms with van der Waals surface area (Å²) in [5.74, 6) is -0.388. The van der Waals surface area contributed by atoms with Crippen molar-refractivity contribution in [2.75, 3.05) is 20.7 Å². The van der Waals surface area contributed by atoms with Crippen LogP contribution in [0.1, 0.15) is 11.1 Å². The second-order valence-electron chi connectivity index (χ2n) is 3.25. The van der Waals surface area contributed by atoms with Crippen molar-refractivity contribution in [1.29, 1.82) is 0 Å². The minimum absolute atomic E-state index is 0.388. The molecule has 0 amide bonds. The van der Waals surface area contributed by atoms with E-state index in [0.717, 1.165) is 6.07 Å². The van der Waals surface area contributed by atoms with Crippen molar-refractivity contribution in [1.82, 2.24) is 10.3 Å². The molecule has 1 N–H and O–H groups in total. The molecule has 0 unspecified atom stereocenters. The molecule has 0 aliphatic heterocycles. The first-order valence-electron chi connectivity index (χ1n) is 4.73. The zero-order valence-corrected chi connectivity index (χ0v) is 9.06. The number of hydrogen-bond donors (Lipinski definition) is 1. The number of nitrogens with one attached hydrogen (secondary N) is 1. The normalized spacial score (nSPS) is 11.6. The van der Waals surface area contributed by atoms with Gasteiger partial charge in [-0.25, -0.2) is 4.98 Å². The molecule has 0 bridgehead atoms. The Bertz CT molecular complexity index is 352. The largest absolute Gasteiger partial charge is 0.481 e. The van der Waals surface area contributed by atoms with E-state index in [1.165, 1.54) is 13.3 Å². The van der Waals surface area contributed by atoms with Crippen LogP contribution in [0.4, 0.5) is 13.2 Å². The first-order chi connectivity index (χ1) is 7.49. The average Bonchev–Trinajstić information content (AvgIpc) is 2.24. The van der Waals surface area contributed by atoms with Crippen LogP contribution in [0.3, 0.4) is 0 Å². The molecular weight excluding hydrogens is 221 g/mol. The van der Waals surface area contributed by atoms with E-state index in [2.05, 4.69) is 15.0 Å². The summed E-state index contributed by atoms with van der Waals surface area (Å²) >= 11 is 0. The SMILES string of the molecule is CNCCc1cnc(OC)c(C(F)(F)F)c1. The van der Waals surface area contributed by atoms with E-state index < -0.39 is 11.7 Å². The maximum Gasteiger partial charge on any atom is 0.421 e. The van der Waals surface area contributed by atoms with Crippen molar-refractivity contribution in [2.24, 2.45) is 0 Å². The van der Waals surface area contributed by atoms with Gasteiger partial charge in [0, 0.05) is 6.20 Å². The quantitative estimate of drug-likeness (QED) is 0.863. The third kappa shape index (κ3) is 3.10. The number of hydrogen-bond acceptors (Lipinski definition) is 3. The second kappa shape index (κ2) is 5.16. The van der Waals surface area contributed by atoms with Gasteiger partial charge in [0.15, 0.2) is 0 Å². The molecule has 1 aromatic rings. The van der Waals surface area contributed by atoms with Crippen molar-refractivity contribution in [3.63, 3.8) is 0 Å². The summed E-state index contributed by atoms with van der Waals surface area (Å²) in [7, 11) is 2.91. The molecule has 1 rings (SSSR count). The number of aromatic nitrogens is 1. The molecule has 0 aromatic carbocycles. The molecule has 3 nitrogen and oxygen atoms in total. The van der Waals surface area contributed by atoms with Gasteiger partial charge in [0.05, 0.1) is 7.11 Å². The highest BCUT2D eigenvalue weighted by molar-refractivity contribution is 5.32. The molecule has 0 aliphatic rings. The number of likely N-dealkylation sites (N-methyl/N-ethyl adjacent to an activating group) is 1. The summed E-state index contributed by atoms with van der Waals surface area (Å²) in [5, 5.41) is 2.86. The highest BCUT2D eigenvalue weighted by Gasteiger charge is 2.35. The number of rotatable bonds is 4. The monoisotopic (exact) mass is 234 g/mol. The molecule has 0 fully saturated rings. The van der Waals surface area contributed by atoms with Crippen molar-refractivity contribution in [3.8, 4) is 5.88 Å². The Kier molecular flexibility index (Phi) is 4.12. The molecule has 0 spiro atoms. The Morgan fingerprint density at radius 3 is 2.62 bits per heavy atom. The van der Waals surface area contributed by atoms with Gasteiger partial charge in [0.2, 0.25) is 5.88 Å². The Balaban J connectivity index is 3.02. The maximum atomic E-state index is 12.6. The molecule has 0 saturated carbocycles. The molecule has 0 radical (unpaired) electrons. The third-order valence-electron chi connectivity index (χ3n) is 2.07. The van der Waals surface area contributed by atoms with Crippen molar-refractivity contribution in [3.05, 3.63) is 23.4 Å². The number of halogens is 3. The second-order valence-corrected chi connectivity index (χ2v) is 3.25. The molecule has 0 saturated heterocycles. The fraction of sp³-hybridized carbons (Fsp3) is 0.500. The summed E-state index contributed by atoms with van der Waals surface area (Å²) in [6, 6.07) is 1.07. The van der Waals surface area contributed by atoms with Gasteiger partial charge in [-0.15, -0.1) is 0 Å². The van der Waals surface area contributed by atoms with E-state index in [9.17, 15) is 13.2 Å². The Morgan fingerprint density at radius 1 is 1.44 bits per heavy atom. The van der Waals surface area contributed by atoms with Crippen LogP contribution in [0.25, 0.3) is 0 Å². The van der Waals surface area contributed by atoms with Gasteiger partial charge in [-0.3, -0.25) is 0 Å². The summed E-state index contributed by atoms with van der Waals surface area (Å²) in [6.45, 7) is 0.602. The Labute approximate surface area is 91.6 Å². The molecule has 1 heterocycles. The van der Waals surface area contributed by atoms with E-state index in [1.54, 1.807) is 7.05 Å². The van der Waals surface area contributed by atoms with Crippen LogP contribution in [0, 0.1) is 0 Å². The smallest absolute Gasteiger partial charge is 0.421 e. The predicted octanol–water partition coefficient (Wildman–Crippen LogP) is 1.87. The zero-order chi connectivity index (χ0) is 12.2. The highest BCUT2D eigenvalue weighted by Crippen LogP contribution is 2.35. The minimum atomic E-state index is -4.44. The van der Waals surface area contributed by atoms with Gasteiger partial charge < -0.3 is 10.1 Å². The third-order valence-corrected chi connectivity index (χ3v) is 2.07. The molecule has 0 atom stereocenters. The lowest BCUT2D eigenvalue weighted by molar-refractivity contribution is -0.139. The first kappa shape index (κ1) is 12.8. The fourth-order valence-corrected chi connectivity index (χ4v) is 1.27. The zero-order valence-electron chi connectivity index (χ0n) is 9.06. The number of ether oxygens (including phenoxy) is 1. The van der Waals surface area contributed by atoms with Crippen molar-refractivity contribution < 1.29 is 17.9 Å². The Hall–Kier alpha value is -1.30. The van der Waals surface area contributed by atoms with Gasteiger partial charge >= 0.3 is 6.18 Å². The van der Waals surface area contributed by atoms with Crippen LogP contribution in [-0.2, 0) is 12.6 Å². The summed E-state index contributed by atoms with van der Waals surface area (Å²) in [5.41, 5.74) is -0.300. The summed E-state index contributed by atoms with van der Waals surface area (Å²) in [4.78, 5) is 3.65. The molecular formula is C10H13F3N2O. The van der Waals surface area contributed by atoms with Gasteiger partial charge in [-0.2, -0.15) is 13.2 Å². The predicted molar refractivity (Wildman–Crippen MR) is 53.4 cm³/mol. The number of alkyl halides is 3. The standard InChI is InChI=1S/C10H13F3N2O/c1-14-4-3-7-5-8(10(11,12)13)9(16-2)15-6-7/h5-6,14H,3-4H2,1-2H3. The van der Waals surface area contributed by atoms with Crippen LogP contribution < -0.4 is 10.1 Å². The molecule has 16 heavy (non-hydrogen) atoms. The number of methoxy groups -OCH3 is 1. The van der Waals surface area contributed by atoms with Crippen LogP contribution in [0.15, 0.2) is 12.3 Å². The number of nitrogens with zero attached hydrogens (tertiary/aromatic N) is 1. The van der Waals surface area contributed by atoms with E-state index in [0.29, 0.717) is 18.5 Å². The van der Waals surface area contributed by atoms with E-state index in [-0.39, 0.29) is 5.88 Å². The average molecular weight is 234 g/mol. The van der Waals surface area contributed by atoms with Gasteiger partial charge in [-0.1, -0.05) is 0 Å². The van der Waals surface area contributed by atoms with Crippen LogP contribution >= 0.6 is 0 Å². The van der Waals surface area contributed by atoms with Crippen molar-refractivity contribution >= 4 is 0 Å². The lowest BCUT2D eigenvalue weighted by Crippen LogP contribution is -2.13. The molecule has 1 aromatic heterocycles. The lowest BCUT2D eigenvalue weighted by Gasteiger charge is -2.12. The van der Waals surface area contributed by atoms with Crippen molar-refractivity contribution in [2.45, 2.75) is 12.6 Å². The fourth-order valence-electron chi connectivity index (χ4n) is 1.27. The van der Waals surface area contributed by atoms with Crippen LogP contribution in [-0.4, -0.2) is 25.7 Å². The van der Waals surface area contributed by atoms with E-state index in [1.807, 2.05) is 0 Å². The summed E-state index contributed by atoms with van der Waals surface area (Å²) < 4.78 is 42.4. The topological polar surface area (TPSA) is 34.2 Å². The van der Waals surface area contributed by atoms with Crippen LogP contribution in [0.2, 0.25) is 0 Å². The first-order valence-corrected chi connectivity index (χ1v) is 4.73. The minimum Gasteiger partial charge on any atom is -0.481 e. The van der Waals surface area contributed by atoms with E-state index in [4.69, 9.17) is 0 Å². The van der Waals surface area contributed by atoms with Gasteiger partial charge in [-0.05, 0) is 31.6 Å². The number of pyridine rings is 1. The molecule has 0 aliphatic carbocycles. The highest BCUT2D eigenvalue weighted by atomic mass is 19.4. The molecule has 90 valence electrons.